The third kappa shape index (κ3) is 3.50. The molecule has 0 amide bonds. The topological polar surface area (TPSA) is 41.9 Å². The maximum atomic E-state index is 10.2. The van der Waals surface area contributed by atoms with Gasteiger partial charge in [0.25, 0.3) is 0 Å². The Kier molecular flexibility index (Phi) is 4.09. The predicted molar refractivity (Wildman–Crippen MR) is 81.9 cm³/mol. The van der Waals surface area contributed by atoms with Gasteiger partial charge in [-0.25, -0.2) is 0 Å². The van der Waals surface area contributed by atoms with Crippen LogP contribution >= 0.6 is 0 Å². The monoisotopic (exact) mass is 291 g/mol. The molecule has 1 fully saturated rings. The number of aliphatic hydroxyl groups is 1. The third-order valence-corrected chi connectivity index (χ3v) is 4.29. The van der Waals surface area contributed by atoms with Crippen LogP contribution in [0, 0.1) is 0 Å². The molecule has 1 aromatic rings. The van der Waals surface area contributed by atoms with Crippen molar-refractivity contribution in [2.24, 2.45) is 0 Å². The summed E-state index contributed by atoms with van der Waals surface area (Å²) in [7, 11) is 0. The lowest BCUT2D eigenvalue weighted by Gasteiger charge is -2.35. The number of aliphatic hydroxyl groups excluding tert-OH is 1. The first-order chi connectivity index (χ1) is 10.0. The summed E-state index contributed by atoms with van der Waals surface area (Å²) in [6.45, 7) is 8.06. The molecule has 0 spiro atoms. The van der Waals surface area contributed by atoms with E-state index in [1.54, 1.807) is 0 Å². The van der Waals surface area contributed by atoms with Crippen molar-refractivity contribution in [3.63, 3.8) is 0 Å². The normalized spacial score (nSPS) is 24.4. The highest BCUT2D eigenvalue weighted by atomic mass is 16.5. The first kappa shape index (κ1) is 14.7. The quantitative estimate of drug-likeness (QED) is 0.926. The highest BCUT2D eigenvalue weighted by Crippen LogP contribution is 2.40. The van der Waals surface area contributed by atoms with Gasteiger partial charge < -0.3 is 14.6 Å². The van der Waals surface area contributed by atoms with Crippen molar-refractivity contribution < 1.29 is 14.6 Å². The van der Waals surface area contributed by atoms with Crippen LogP contribution in [-0.4, -0.2) is 41.8 Å². The summed E-state index contributed by atoms with van der Waals surface area (Å²) in [4.78, 5) is 2.43. The number of fused-ring (bicyclic) bond motifs is 1. The van der Waals surface area contributed by atoms with Gasteiger partial charge in [0.1, 0.15) is 23.7 Å². The van der Waals surface area contributed by atoms with Gasteiger partial charge in [0.05, 0.1) is 6.10 Å². The number of rotatable bonds is 4. The van der Waals surface area contributed by atoms with Crippen LogP contribution in [0.5, 0.6) is 11.5 Å². The highest BCUT2D eigenvalue weighted by Gasteiger charge is 2.32. The van der Waals surface area contributed by atoms with E-state index in [-0.39, 0.29) is 5.60 Å². The van der Waals surface area contributed by atoms with E-state index in [4.69, 9.17) is 9.47 Å². The first-order valence-electron chi connectivity index (χ1n) is 7.90. The second-order valence-electron chi connectivity index (χ2n) is 6.68. The van der Waals surface area contributed by atoms with Crippen molar-refractivity contribution in [2.45, 2.75) is 44.8 Å². The SMILES string of the molecule is CC1(C)CC(O)c2ccc(OCCN3CCCC3)cc2O1. The number of hydrogen-bond donors (Lipinski definition) is 1. The highest BCUT2D eigenvalue weighted by molar-refractivity contribution is 5.43. The van der Waals surface area contributed by atoms with Crippen LogP contribution in [0.3, 0.4) is 0 Å². The van der Waals surface area contributed by atoms with E-state index < -0.39 is 6.10 Å². The van der Waals surface area contributed by atoms with E-state index in [2.05, 4.69) is 4.90 Å². The smallest absolute Gasteiger partial charge is 0.129 e. The lowest BCUT2D eigenvalue weighted by molar-refractivity contribution is 0.0113. The Labute approximate surface area is 126 Å². The zero-order chi connectivity index (χ0) is 14.9. The summed E-state index contributed by atoms with van der Waals surface area (Å²) in [6.07, 6.45) is 2.77. The van der Waals surface area contributed by atoms with Gasteiger partial charge in [-0.3, -0.25) is 4.90 Å². The molecule has 2 aliphatic rings. The van der Waals surface area contributed by atoms with Crippen molar-refractivity contribution in [2.75, 3.05) is 26.2 Å². The third-order valence-electron chi connectivity index (χ3n) is 4.29. The van der Waals surface area contributed by atoms with Gasteiger partial charge in [0, 0.05) is 24.6 Å². The van der Waals surface area contributed by atoms with Gasteiger partial charge in [-0.1, -0.05) is 0 Å². The Hall–Kier alpha value is -1.26. The van der Waals surface area contributed by atoms with E-state index in [9.17, 15) is 5.11 Å². The lowest BCUT2D eigenvalue weighted by atomic mass is 9.92. The standard InChI is InChI=1S/C17H25NO3/c1-17(2)12-15(19)14-6-5-13(11-16(14)21-17)20-10-9-18-7-3-4-8-18/h5-6,11,15,19H,3-4,7-10,12H2,1-2H3. The predicted octanol–water partition coefficient (Wildman–Crippen LogP) is 2.76. The van der Waals surface area contributed by atoms with Gasteiger partial charge in [-0.15, -0.1) is 0 Å². The van der Waals surface area contributed by atoms with E-state index in [0.29, 0.717) is 13.0 Å². The molecule has 0 radical (unpaired) electrons. The van der Waals surface area contributed by atoms with Gasteiger partial charge in [0.15, 0.2) is 0 Å². The Morgan fingerprint density at radius 2 is 2.10 bits per heavy atom. The zero-order valence-corrected chi connectivity index (χ0v) is 13.0. The van der Waals surface area contributed by atoms with Gasteiger partial charge in [-0.05, 0) is 51.9 Å². The molecule has 1 saturated heterocycles. The van der Waals surface area contributed by atoms with E-state index in [0.717, 1.165) is 23.6 Å². The summed E-state index contributed by atoms with van der Waals surface area (Å²) < 4.78 is 11.8. The molecular weight excluding hydrogens is 266 g/mol. The van der Waals surface area contributed by atoms with Crippen LogP contribution in [-0.2, 0) is 0 Å². The number of nitrogens with zero attached hydrogens (tertiary/aromatic N) is 1. The van der Waals surface area contributed by atoms with Crippen LogP contribution in [0.2, 0.25) is 0 Å². The van der Waals surface area contributed by atoms with Crippen molar-refractivity contribution in [1.82, 2.24) is 4.90 Å². The summed E-state index contributed by atoms with van der Waals surface area (Å²) in [6, 6.07) is 5.75. The second kappa shape index (κ2) is 5.85. The molecule has 1 N–H and O–H groups in total. The maximum Gasteiger partial charge on any atom is 0.129 e. The molecule has 0 bridgehead atoms. The number of benzene rings is 1. The van der Waals surface area contributed by atoms with Gasteiger partial charge >= 0.3 is 0 Å². The molecule has 3 rings (SSSR count). The largest absolute Gasteiger partial charge is 0.492 e. The van der Waals surface area contributed by atoms with Crippen LogP contribution < -0.4 is 9.47 Å². The minimum absolute atomic E-state index is 0.333. The van der Waals surface area contributed by atoms with Crippen LogP contribution in [0.25, 0.3) is 0 Å². The number of ether oxygens (including phenoxy) is 2. The Balaban J connectivity index is 1.62. The Bertz CT molecular complexity index is 495. The number of likely N-dealkylation sites (tertiary alicyclic amines) is 1. The Morgan fingerprint density at radius 1 is 1.33 bits per heavy atom. The molecule has 4 heteroatoms. The molecule has 2 aliphatic heterocycles. The molecule has 1 unspecified atom stereocenters. The molecule has 1 atom stereocenters. The summed E-state index contributed by atoms with van der Waals surface area (Å²) in [5.41, 5.74) is 0.529. The van der Waals surface area contributed by atoms with Crippen molar-refractivity contribution in [3.8, 4) is 11.5 Å². The zero-order valence-electron chi connectivity index (χ0n) is 13.0. The molecule has 0 saturated carbocycles. The molecule has 2 heterocycles. The van der Waals surface area contributed by atoms with Crippen LogP contribution in [0.1, 0.15) is 44.8 Å². The van der Waals surface area contributed by atoms with Crippen LogP contribution in [0.15, 0.2) is 18.2 Å². The molecular formula is C17H25NO3. The second-order valence-corrected chi connectivity index (χ2v) is 6.68. The van der Waals surface area contributed by atoms with Crippen molar-refractivity contribution >= 4 is 0 Å². The van der Waals surface area contributed by atoms with Crippen molar-refractivity contribution in [3.05, 3.63) is 23.8 Å². The van der Waals surface area contributed by atoms with E-state index >= 15 is 0 Å². The average Bonchev–Trinajstić information content (AvgIpc) is 2.90. The molecule has 21 heavy (non-hydrogen) atoms. The average molecular weight is 291 g/mol. The van der Waals surface area contributed by atoms with E-state index in [1.165, 1.54) is 25.9 Å². The lowest BCUT2D eigenvalue weighted by Crippen LogP contribution is -2.34. The fraction of sp³-hybridized carbons (Fsp3) is 0.647. The molecule has 4 nitrogen and oxygen atoms in total. The summed E-state index contributed by atoms with van der Waals surface area (Å²) in [5.74, 6) is 1.57. The molecule has 1 aromatic carbocycles. The molecule has 0 aromatic heterocycles. The minimum Gasteiger partial charge on any atom is -0.492 e. The minimum atomic E-state index is -0.456. The summed E-state index contributed by atoms with van der Waals surface area (Å²) in [5, 5.41) is 10.2. The van der Waals surface area contributed by atoms with Gasteiger partial charge in [0.2, 0.25) is 0 Å². The molecule has 0 aliphatic carbocycles. The Morgan fingerprint density at radius 3 is 2.86 bits per heavy atom. The maximum absolute atomic E-state index is 10.2. The molecule has 116 valence electrons. The van der Waals surface area contributed by atoms with Crippen LogP contribution in [0.4, 0.5) is 0 Å². The van der Waals surface area contributed by atoms with Gasteiger partial charge in [-0.2, -0.15) is 0 Å². The fourth-order valence-electron chi connectivity index (χ4n) is 3.18. The number of hydrogen-bond acceptors (Lipinski definition) is 4. The first-order valence-corrected chi connectivity index (χ1v) is 7.90. The van der Waals surface area contributed by atoms with Crippen molar-refractivity contribution in [1.29, 1.82) is 0 Å². The van der Waals surface area contributed by atoms with E-state index in [1.807, 2.05) is 32.0 Å². The fourth-order valence-corrected chi connectivity index (χ4v) is 3.18. The summed E-state index contributed by atoms with van der Waals surface area (Å²) >= 11 is 0.